The van der Waals surface area contributed by atoms with E-state index in [9.17, 15) is 4.79 Å². The second kappa shape index (κ2) is 6.75. The Labute approximate surface area is 164 Å². The van der Waals surface area contributed by atoms with Gasteiger partial charge in [0.1, 0.15) is 13.2 Å². The van der Waals surface area contributed by atoms with Crippen LogP contribution in [-0.2, 0) is 6.54 Å². The van der Waals surface area contributed by atoms with Crippen LogP contribution in [0.3, 0.4) is 0 Å². The van der Waals surface area contributed by atoms with Crippen LogP contribution in [0.25, 0.3) is 0 Å². The Hall–Kier alpha value is -3.21. The number of aryl methyl sites for hydroxylation is 1. The normalized spacial score (nSPS) is 17.9. The first-order valence-corrected chi connectivity index (χ1v) is 9.63. The van der Waals surface area contributed by atoms with E-state index in [1.807, 2.05) is 60.4 Å². The summed E-state index contributed by atoms with van der Waals surface area (Å²) in [7, 11) is 0. The summed E-state index contributed by atoms with van der Waals surface area (Å²) in [4.78, 5) is 15.5. The van der Waals surface area contributed by atoms with Crippen LogP contribution in [0.4, 0.5) is 0 Å². The maximum atomic E-state index is 13.5. The Kier molecular flexibility index (Phi) is 4.08. The number of ether oxygens (including phenoxy) is 2. The molecule has 2 aliphatic heterocycles. The van der Waals surface area contributed by atoms with Crippen molar-refractivity contribution in [1.29, 1.82) is 0 Å². The molecule has 5 rings (SSSR count). The Morgan fingerprint density at radius 1 is 0.964 bits per heavy atom. The highest BCUT2D eigenvalue weighted by molar-refractivity contribution is 5.96. The first kappa shape index (κ1) is 16.9. The zero-order chi connectivity index (χ0) is 19.1. The van der Waals surface area contributed by atoms with Crippen molar-refractivity contribution in [3.8, 4) is 11.5 Å². The van der Waals surface area contributed by atoms with E-state index in [0.29, 0.717) is 19.8 Å². The molecule has 5 nitrogen and oxygen atoms in total. The van der Waals surface area contributed by atoms with Gasteiger partial charge in [0.15, 0.2) is 11.5 Å². The molecule has 0 aliphatic carbocycles. The van der Waals surface area contributed by atoms with Gasteiger partial charge in [0.05, 0.1) is 6.04 Å². The number of fused-ring (bicyclic) bond motifs is 2. The highest BCUT2D eigenvalue weighted by Gasteiger charge is 2.33. The summed E-state index contributed by atoms with van der Waals surface area (Å²) >= 11 is 0. The van der Waals surface area contributed by atoms with Crippen molar-refractivity contribution in [3.63, 3.8) is 0 Å². The lowest BCUT2D eigenvalue weighted by molar-refractivity contribution is 0.0662. The number of hydrogen-bond donors (Lipinski definition) is 0. The third kappa shape index (κ3) is 2.74. The topological polar surface area (TPSA) is 43.7 Å². The maximum absolute atomic E-state index is 13.5. The van der Waals surface area contributed by atoms with Crippen LogP contribution in [0.15, 0.2) is 60.8 Å². The molecule has 142 valence electrons. The molecule has 0 bridgehead atoms. The summed E-state index contributed by atoms with van der Waals surface area (Å²) in [5.74, 6) is 1.57. The molecule has 0 unspecified atom stereocenters. The first-order chi connectivity index (χ1) is 13.7. The molecule has 3 heterocycles. The van der Waals surface area contributed by atoms with Crippen LogP contribution in [0.2, 0.25) is 0 Å². The second-order valence-electron chi connectivity index (χ2n) is 7.25. The van der Waals surface area contributed by atoms with Crippen LogP contribution in [0.1, 0.15) is 33.2 Å². The van der Waals surface area contributed by atoms with Gasteiger partial charge in [-0.1, -0.05) is 24.3 Å². The van der Waals surface area contributed by atoms with Crippen molar-refractivity contribution in [2.24, 2.45) is 0 Å². The fourth-order valence-corrected chi connectivity index (χ4v) is 4.15. The molecule has 0 radical (unpaired) electrons. The van der Waals surface area contributed by atoms with Gasteiger partial charge < -0.3 is 18.9 Å². The van der Waals surface area contributed by atoms with Crippen molar-refractivity contribution in [2.45, 2.75) is 19.5 Å². The van der Waals surface area contributed by atoms with Crippen LogP contribution < -0.4 is 9.47 Å². The highest BCUT2D eigenvalue weighted by Crippen LogP contribution is 2.39. The van der Waals surface area contributed by atoms with Gasteiger partial charge >= 0.3 is 0 Å². The minimum Gasteiger partial charge on any atom is -0.486 e. The fraction of sp³-hybridized carbons (Fsp3) is 0.261. The molecular weight excluding hydrogens is 352 g/mol. The summed E-state index contributed by atoms with van der Waals surface area (Å²) in [5.41, 5.74) is 3.90. The first-order valence-electron chi connectivity index (χ1n) is 9.63. The van der Waals surface area contributed by atoms with Crippen LogP contribution in [0.5, 0.6) is 11.5 Å². The van der Waals surface area contributed by atoms with Crippen LogP contribution in [-0.4, -0.2) is 35.1 Å². The molecular formula is C23H22N2O3. The van der Waals surface area contributed by atoms with E-state index in [-0.39, 0.29) is 11.9 Å². The summed E-state index contributed by atoms with van der Waals surface area (Å²) in [6.45, 7) is 4.55. The van der Waals surface area contributed by atoms with E-state index < -0.39 is 0 Å². The quantitative estimate of drug-likeness (QED) is 0.685. The van der Waals surface area contributed by atoms with Crippen molar-refractivity contribution < 1.29 is 14.3 Å². The molecule has 1 amide bonds. The van der Waals surface area contributed by atoms with E-state index in [4.69, 9.17) is 9.47 Å². The van der Waals surface area contributed by atoms with E-state index in [2.05, 4.69) is 16.8 Å². The molecule has 0 saturated heterocycles. The predicted molar refractivity (Wildman–Crippen MR) is 106 cm³/mol. The number of aromatic nitrogens is 1. The zero-order valence-electron chi connectivity index (χ0n) is 15.8. The number of amides is 1. The lowest BCUT2D eigenvalue weighted by atomic mass is 9.97. The monoisotopic (exact) mass is 374 g/mol. The number of nitrogens with zero attached hydrogens (tertiary/aromatic N) is 2. The molecule has 1 atom stereocenters. The predicted octanol–water partition coefficient (Wildman–Crippen LogP) is 3.81. The lowest BCUT2D eigenvalue weighted by Crippen LogP contribution is -2.42. The third-order valence-electron chi connectivity index (χ3n) is 5.56. The highest BCUT2D eigenvalue weighted by atomic mass is 16.6. The van der Waals surface area contributed by atoms with Gasteiger partial charge in [0, 0.05) is 30.5 Å². The van der Waals surface area contributed by atoms with Gasteiger partial charge in [-0.15, -0.1) is 0 Å². The SMILES string of the molecule is Cc1ccccc1C(=O)N1CCn2cccc2[C@@H]1c1ccc2c(c1)OCCO2. The van der Waals surface area contributed by atoms with Gasteiger partial charge in [-0.25, -0.2) is 0 Å². The molecule has 0 spiro atoms. The molecule has 1 aromatic heterocycles. The molecule has 2 aromatic carbocycles. The largest absolute Gasteiger partial charge is 0.486 e. The van der Waals surface area contributed by atoms with E-state index in [0.717, 1.165) is 40.4 Å². The molecule has 0 fully saturated rings. The third-order valence-corrected chi connectivity index (χ3v) is 5.56. The van der Waals surface area contributed by atoms with Crippen molar-refractivity contribution in [1.82, 2.24) is 9.47 Å². The Bertz CT molecular complexity index is 1040. The lowest BCUT2D eigenvalue weighted by Gasteiger charge is -2.38. The molecule has 0 N–H and O–H groups in total. The number of hydrogen-bond acceptors (Lipinski definition) is 3. The van der Waals surface area contributed by atoms with E-state index in [1.165, 1.54) is 0 Å². The number of benzene rings is 2. The van der Waals surface area contributed by atoms with Crippen molar-refractivity contribution >= 4 is 5.91 Å². The molecule has 0 saturated carbocycles. The van der Waals surface area contributed by atoms with Gasteiger partial charge in [-0.2, -0.15) is 0 Å². The number of rotatable bonds is 2. The summed E-state index contributed by atoms with van der Waals surface area (Å²) in [6.07, 6.45) is 2.08. The van der Waals surface area contributed by atoms with Crippen molar-refractivity contribution in [3.05, 3.63) is 83.2 Å². The smallest absolute Gasteiger partial charge is 0.255 e. The molecule has 5 heteroatoms. The van der Waals surface area contributed by atoms with Gasteiger partial charge in [0.25, 0.3) is 5.91 Å². The Balaban J connectivity index is 1.59. The maximum Gasteiger partial charge on any atom is 0.255 e. The van der Waals surface area contributed by atoms with E-state index >= 15 is 0 Å². The number of carbonyl (C=O) groups excluding carboxylic acids is 1. The van der Waals surface area contributed by atoms with E-state index in [1.54, 1.807) is 0 Å². The minimum absolute atomic E-state index is 0.0606. The minimum atomic E-state index is -0.160. The van der Waals surface area contributed by atoms with Gasteiger partial charge in [-0.05, 0) is 48.4 Å². The average Bonchev–Trinajstić information content (AvgIpc) is 3.21. The molecule has 3 aromatic rings. The van der Waals surface area contributed by atoms with Crippen molar-refractivity contribution in [2.75, 3.05) is 19.8 Å². The second-order valence-corrected chi connectivity index (χ2v) is 7.25. The number of carbonyl (C=O) groups is 1. The fourth-order valence-electron chi connectivity index (χ4n) is 4.15. The summed E-state index contributed by atoms with van der Waals surface area (Å²) in [5, 5.41) is 0. The Morgan fingerprint density at radius 3 is 2.64 bits per heavy atom. The van der Waals surface area contributed by atoms with Gasteiger partial charge in [0.2, 0.25) is 0 Å². The van der Waals surface area contributed by atoms with Crippen LogP contribution >= 0.6 is 0 Å². The molecule has 28 heavy (non-hydrogen) atoms. The standard InChI is InChI=1S/C23H22N2O3/c1-16-5-2-3-6-18(16)23(26)25-12-11-24-10-4-7-19(24)22(25)17-8-9-20-21(15-17)28-14-13-27-20/h2-10,15,22H,11-14H2,1H3/t22-/m0/s1. The molecule has 2 aliphatic rings. The summed E-state index contributed by atoms with van der Waals surface area (Å²) in [6, 6.07) is 17.8. The Morgan fingerprint density at radius 2 is 1.79 bits per heavy atom. The summed E-state index contributed by atoms with van der Waals surface area (Å²) < 4.78 is 13.7. The zero-order valence-corrected chi connectivity index (χ0v) is 15.8. The average molecular weight is 374 g/mol. The van der Waals surface area contributed by atoms with Gasteiger partial charge in [-0.3, -0.25) is 4.79 Å². The van der Waals surface area contributed by atoms with Crippen LogP contribution in [0, 0.1) is 6.92 Å².